The zero-order valence-electron chi connectivity index (χ0n) is 20.4. The number of carbonyl (C=O) groups is 2. The summed E-state index contributed by atoms with van der Waals surface area (Å²) in [6.45, 7) is 7.51. The fourth-order valence-electron chi connectivity index (χ4n) is 3.33. The Morgan fingerprint density at radius 2 is 1.53 bits per heavy atom. The first-order valence-corrected chi connectivity index (χ1v) is 13.2. The number of rotatable bonds is 11. The lowest BCUT2D eigenvalue weighted by atomic mass is 10.1. The Morgan fingerprint density at radius 1 is 0.971 bits per heavy atom. The molecule has 0 unspecified atom stereocenters. The van der Waals surface area contributed by atoms with Crippen LogP contribution < -0.4 is 9.62 Å². The highest BCUT2D eigenvalue weighted by Crippen LogP contribution is 2.20. The third-order valence-electron chi connectivity index (χ3n) is 5.43. The Morgan fingerprint density at radius 3 is 2.03 bits per heavy atom. The number of anilines is 1. The molecule has 7 nitrogen and oxygen atoms in total. The van der Waals surface area contributed by atoms with Crippen molar-refractivity contribution in [3.63, 3.8) is 0 Å². The molecule has 1 N–H and O–H groups in total. The van der Waals surface area contributed by atoms with E-state index in [0.29, 0.717) is 17.8 Å². The molecule has 0 aromatic heterocycles. The average Bonchev–Trinajstić information content (AvgIpc) is 2.79. The van der Waals surface area contributed by atoms with Crippen LogP contribution in [0.1, 0.15) is 38.8 Å². The van der Waals surface area contributed by atoms with Crippen LogP contribution in [0.3, 0.4) is 0 Å². The number of amides is 2. The largest absolute Gasteiger partial charge is 0.354 e. The highest BCUT2D eigenvalue weighted by Gasteiger charge is 2.30. The van der Waals surface area contributed by atoms with Crippen molar-refractivity contribution in [3.05, 3.63) is 65.5 Å². The number of sulfonamides is 1. The second-order valence-electron chi connectivity index (χ2n) is 8.75. The van der Waals surface area contributed by atoms with Crippen molar-refractivity contribution >= 4 is 27.5 Å². The van der Waals surface area contributed by atoms with Gasteiger partial charge in [-0.15, -0.1) is 0 Å². The van der Waals surface area contributed by atoms with Gasteiger partial charge in [-0.05, 0) is 54.7 Å². The minimum Gasteiger partial charge on any atom is -0.354 e. The fourth-order valence-corrected chi connectivity index (χ4v) is 4.18. The molecular formula is C25H34FN3O4S. The normalized spacial score (nSPS) is 12.3. The van der Waals surface area contributed by atoms with Crippen molar-refractivity contribution < 1.29 is 22.4 Å². The van der Waals surface area contributed by atoms with Gasteiger partial charge in [0.2, 0.25) is 21.8 Å². The van der Waals surface area contributed by atoms with Crippen LogP contribution in [-0.4, -0.2) is 50.5 Å². The Bertz CT molecular complexity index is 1070. The molecule has 0 bridgehead atoms. The van der Waals surface area contributed by atoms with Crippen LogP contribution >= 0.6 is 0 Å². The second-order valence-corrected chi connectivity index (χ2v) is 10.7. The van der Waals surface area contributed by atoms with Gasteiger partial charge >= 0.3 is 0 Å². The third kappa shape index (κ3) is 7.83. The summed E-state index contributed by atoms with van der Waals surface area (Å²) in [5.74, 6) is -1.07. The molecule has 0 fully saturated rings. The van der Waals surface area contributed by atoms with Crippen molar-refractivity contribution in [2.75, 3.05) is 23.7 Å². The molecule has 186 valence electrons. The molecule has 9 heteroatoms. The highest BCUT2D eigenvalue weighted by atomic mass is 32.2. The van der Waals surface area contributed by atoms with E-state index in [-0.39, 0.29) is 18.4 Å². The van der Waals surface area contributed by atoms with Crippen molar-refractivity contribution in [1.29, 1.82) is 0 Å². The molecule has 2 aromatic rings. The van der Waals surface area contributed by atoms with E-state index in [9.17, 15) is 22.4 Å². The third-order valence-corrected chi connectivity index (χ3v) is 6.57. The molecule has 2 aromatic carbocycles. The van der Waals surface area contributed by atoms with Gasteiger partial charge in [0.25, 0.3) is 0 Å². The molecule has 0 heterocycles. The molecule has 0 saturated carbocycles. The lowest BCUT2D eigenvalue weighted by Crippen LogP contribution is -2.51. The van der Waals surface area contributed by atoms with Gasteiger partial charge < -0.3 is 10.2 Å². The maximum absolute atomic E-state index is 13.4. The second kappa shape index (κ2) is 12.0. The Hall–Kier alpha value is -2.94. The van der Waals surface area contributed by atoms with Crippen LogP contribution in [-0.2, 0) is 32.6 Å². The maximum Gasteiger partial charge on any atom is 0.244 e. The quantitative estimate of drug-likeness (QED) is 0.522. The first-order chi connectivity index (χ1) is 15.9. The lowest BCUT2D eigenvalue weighted by Gasteiger charge is -2.31. The first kappa shape index (κ1) is 27.3. The van der Waals surface area contributed by atoms with Crippen LogP contribution in [0.15, 0.2) is 48.5 Å². The van der Waals surface area contributed by atoms with Crippen molar-refractivity contribution in [1.82, 2.24) is 10.2 Å². The van der Waals surface area contributed by atoms with E-state index in [2.05, 4.69) is 5.32 Å². The molecule has 0 aliphatic heterocycles. The minimum absolute atomic E-state index is 0.0295. The summed E-state index contributed by atoms with van der Waals surface area (Å²) in [6, 6.07) is 11.7. The van der Waals surface area contributed by atoms with E-state index in [0.717, 1.165) is 22.5 Å². The van der Waals surface area contributed by atoms with Crippen molar-refractivity contribution in [3.8, 4) is 0 Å². The van der Waals surface area contributed by atoms with Gasteiger partial charge in [0.15, 0.2) is 0 Å². The number of carbonyl (C=O) groups excluding carboxylic acids is 2. The number of benzene rings is 2. The van der Waals surface area contributed by atoms with Gasteiger partial charge in [-0.2, -0.15) is 0 Å². The van der Waals surface area contributed by atoms with Crippen LogP contribution in [0, 0.1) is 11.7 Å². The molecule has 0 aliphatic rings. The Balaban J connectivity index is 2.34. The molecule has 2 amide bonds. The summed E-state index contributed by atoms with van der Waals surface area (Å²) >= 11 is 0. The van der Waals surface area contributed by atoms with Gasteiger partial charge in [0.05, 0.1) is 11.9 Å². The minimum atomic E-state index is -3.78. The summed E-state index contributed by atoms with van der Waals surface area (Å²) in [7, 11) is -3.78. The zero-order chi connectivity index (χ0) is 25.5. The summed E-state index contributed by atoms with van der Waals surface area (Å²) in [4.78, 5) is 27.5. The van der Waals surface area contributed by atoms with E-state index < -0.39 is 34.3 Å². The molecule has 34 heavy (non-hydrogen) atoms. The summed E-state index contributed by atoms with van der Waals surface area (Å²) in [6.07, 6.45) is 1.84. The molecule has 0 radical (unpaired) electrons. The number of hydrogen-bond donors (Lipinski definition) is 1. The smallest absolute Gasteiger partial charge is 0.244 e. The van der Waals surface area contributed by atoms with E-state index in [1.54, 1.807) is 19.1 Å². The van der Waals surface area contributed by atoms with E-state index >= 15 is 0 Å². The van der Waals surface area contributed by atoms with E-state index in [1.165, 1.54) is 29.2 Å². The van der Waals surface area contributed by atoms with E-state index in [4.69, 9.17) is 0 Å². The number of hydrogen-bond acceptors (Lipinski definition) is 4. The number of aryl methyl sites for hydroxylation is 1. The van der Waals surface area contributed by atoms with Crippen LogP contribution in [0.25, 0.3) is 0 Å². The van der Waals surface area contributed by atoms with Crippen LogP contribution in [0.2, 0.25) is 0 Å². The van der Waals surface area contributed by atoms with Crippen molar-refractivity contribution in [2.45, 2.75) is 46.7 Å². The zero-order valence-corrected chi connectivity index (χ0v) is 21.2. The highest BCUT2D eigenvalue weighted by molar-refractivity contribution is 7.92. The predicted octanol–water partition coefficient (Wildman–Crippen LogP) is 3.34. The maximum atomic E-state index is 13.4. The molecule has 1 atom stereocenters. The van der Waals surface area contributed by atoms with Gasteiger partial charge in [-0.25, -0.2) is 12.8 Å². The van der Waals surface area contributed by atoms with Gasteiger partial charge in [0, 0.05) is 13.1 Å². The average molecular weight is 492 g/mol. The molecule has 0 saturated heterocycles. The summed E-state index contributed by atoms with van der Waals surface area (Å²) in [5, 5.41) is 2.82. The molecule has 0 aliphatic carbocycles. The molecule has 0 spiro atoms. The van der Waals surface area contributed by atoms with Crippen LogP contribution in [0.4, 0.5) is 10.1 Å². The van der Waals surface area contributed by atoms with Crippen LogP contribution in [0.5, 0.6) is 0 Å². The first-order valence-electron chi connectivity index (χ1n) is 11.3. The van der Waals surface area contributed by atoms with E-state index in [1.807, 2.05) is 32.9 Å². The SMILES string of the molecule is CCc1ccc(N(CC(=O)N(Cc2ccc(F)cc2)[C@H](C)C(=O)NCC(C)C)S(C)(=O)=O)cc1. The lowest BCUT2D eigenvalue weighted by molar-refractivity contribution is -0.139. The number of halogens is 1. The van der Waals surface area contributed by atoms with Gasteiger partial charge in [-0.3, -0.25) is 13.9 Å². The Kier molecular flexibility index (Phi) is 9.61. The summed E-state index contributed by atoms with van der Waals surface area (Å²) < 4.78 is 39.5. The monoisotopic (exact) mass is 491 g/mol. The van der Waals surface area contributed by atoms with Gasteiger partial charge in [0.1, 0.15) is 18.4 Å². The van der Waals surface area contributed by atoms with Gasteiger partial charge in [-0.1, -0.05) is 45.0 Å². The van der Waals surface area contributed by atoms with Crippen molar-refractivity contribution in [2.24, 2.45) is 5.92 Å². The topological polar surface area (TPSA) is 86.8 Å². The standard InChI is InChI=1S/C25H34FN3O4S/c1-6-20-9-13-23(14-10-20)29(34(5,32)33)17-24(30)28(16-21-7-11-22(26)12-8-21)19(4)25(31)27-15-18(2)3/h7-14,18-19H,6,15-17H2,1-5H3,(H,27,31)/t19-/m1/s1. The molecule has 2 rings (SSSR count). The fraction of sp³-hybridized carbons (Fsp3) is 0.440. The summed E-state index contributed by atoms with van der Waals surface area (Å²) in [5.41, 5.74) is 2.03. The number of nitrogens with zero attached hydrogens (tertiary/aromatic N) is 2. The Labute approximate surface area is 202 Å². The predicted molar refractivity (Wildman–Crippen MR) is 132 cm³/mol. The molecular weight excluding hydrogens is 457 g/mol. The number of nitrogens with one attached hydrogen (secondary N) is 1.